The van der Waals surface area contributed by atoms with E-state index in [0.29, 0.717) is 0 Å². The molecule has 12 rings (SSSR count). The van der Waals surface area contributed by atoms with Crippen molar-refractivity contribution in [1.29, 1.82) is 0 Å². The molecule has 2 heterocycles. The summed E-state index contributed by atoms with van der Waals surface area (Å²) in [7, 11) is 0. The highest BCUT2D eigenvalue weighted by Gasteiger charge is 2.20. The lowest BCUT2D eigenvalue weighted by molar-refractivity contribution is 1.37. The van der Waals surface area contributed by atoms with E-state index in [4.69, 9.17) is 9.97 Å². The van der Waals surface area contributed by atoms with Gasteiger partial charge in [-0.2, -0.15) is 0 Å². The van der Waals surface area contributed by atoms with Gasteiger partial charge in [0.1, 0.15) is 0 Å². The van der Waals surface area contributed by atoms with E-state index in [1.165, 1.54) is 71.4 Å². The Morgan fingerprint density at radius 2 is 0.597 bits per heavy atom. The Morgan fingerprint density at radius 3 is 1.13 bits per heavy atom. The Bertz CT molecular complexity index is 3550. The molecule has 62 heavy (non-hydrogen) atoms. The third kappa shape index (κ3) is 6.04. The average molecular weight is 787 g/mol. The van der Waals surface area contributed by atoms with Gasteiger partial charge in [0.2, 0.25) is 0 Å². The van der Waals surface area contributed by atoms with Crippen molar-refractivity contribution in [2.75, 3.05) is 0 Å². The van der Waals surface area contributed by atoms with Crippen LogP contribution in [0.2, 0.25) is 0 Å². The lowest BCUT2D eigenvalue weighted by atomic mass is 9.83. The van der Waals surface area contributed by atoms with Crippen LogP contribution in [0.5, 0.6) is 0 Å². The summed E-state index contributed by atoms with van der Waals surface area (Å²) in [5.74, 6) is 0. The Labute approximate surface area is 360 Å². The molecule has 0 spiro atoms. The van der Waals surface area contributed by atoms with Gasteiger partial charge in [-0.3, -0.25) is 0 Å². The summed E-state index contributed by atoms with van der Waals surface area (Å²) in [5, 5.41) is 9.40. The van der Waals surface area contributed by atoms with Crippen LogP contribution < -0.4 is 0 Å². The number of nitrogens with zero attached hydrogens (tertiary/aromatic N) is 2. The summed E-state index contributed by atoms with van der Waals surface area (Å²) in [6.07, 6.45) is 0. The highest BCUT2D eigenvalue weighted by Crippen LogP contribution is 2.47. The third-order valence-electron chi connectivity index (χ3n) is 12.4. The average Bonchev–Trinajstić information content (AvgIpc) is 3.35. The van der Waals surface area contributed by atoms with Crippen LogP contribution in [-0.4, -0.2) is 9.97 Å². The van der Waals surface area contributed by atoms with E-state index in [1.807, 2.05) is 6.07 Å². The molecular weight excluding hydrogens is 749 g/mol. The van der Waals surface area contributed by atoms with Crippen LogP contribution in [0.3, 0.4) is 0 Å². The van der Waals surface area contributed by atoms with Crippen molar-refractivity contribution in [3.63, 3.8) is 0 Å². The number of benzene rings is 10. The number of rotatable bonds is 6. The van der Waals surface area contributed by atoms with Crippen molar-refractivity contribution in [3.8, 4) is 67.0 Å². The number of hydrogen-bond acceptors (Lipinski definition) is 2. The molecular formula is C60H38N2. The lowest BCUT2D eigenvalue weighted by Crippen LogP contribution is -1.94. The van der Waals surface area contributed by atoms with Gasteiger partial charge in [-0.15, -0.1) is 0 Å². The fraction of sp³-hybridized carbons (Fsp3) is 0. The van der Waals surface area contributed by atoms with Crippen LogP contribution in [0.1, 0.15) is 0 Å². The van der Waals surface area contributed by atoms with Crippen molar-refractivity contribution in [3.05, 3.63) is 231 Å². The zero-order chi connectivity index (χ0) is 41.0. The van der Waals surface area contributed by atoms with Gasteiger partial charge >= 0.3 is 0 Å². The molecule has 0 N–H and O–H groups in total. The summed E-state index contributed by atoms with van der Waals surface area (Å²) in [5.41, 5.74) is 15.6. The Morgan fingerprint density at radius 1 is 0.226 bits per heavy atom. The summed E-state index contributed by atoms with van der Waals surface area (Å²) in [6.45, 7) is 0. The van der Waals surface area contributed by atoms with Crippen molar-refractivity contribution >= 4 is 54.1 Å². The minimum Gasteiger partial charge on any atom is -0.245 e. The van der Waals surface area contributed by atoms with Gasteiger partial charge in [0, 0.05) is 21.9 Å². The van der Waals surface area contributed by atoms with Crippen LogP contribution in [0.4, 0.5) is 0 Å². The number of fused-ring (bicyclic) bond motifs is 6. The van der Waals surface area contributed by atoms with Crippen LogP contribution in [0, 0.1) is 0 Å². The lowest BCUT2D eigenvalue weighted by Gasteiger charge is -2.20. The zero-order valence-electron chi connectivity index (χ0n) is 33.8. The van der Waals surface area contributed by atoms with Crippen molar-refractivity contribution in [2.45, 2.75) is 0 Å². The molecule has 10 aromatic carbocycles. The standard InChI is InChI=1S/C60H38N2/c1-4-16-39(17-5-1)44-36-45(40-18-6-2-7-19-40)38-46(37-44)57-50-24-12-14-26-52(50)58(53-27-15-13-25-51(53)57)54-33-32-49(47-22-10-11-23-48(47)54)56-35-31-43-29-28-42-30-34-55(41-20-8-3-9-21-41)61-59(42)60(43)62-56/h1-38H. The van der Waals surface area contributed by atoms with Gasteiger partial charge in [-0.25, -0.2) is 9.97 Å². The normalized spacial score (nSPS) is 11.5. The van der Waals surface area contributed by atoms with Crippen LogP contribution in [0.15, 0.2) is 231 Å². The second-order valence-electron chi connectivity index (χ2n) is 16.0. The molecule has 0 aliphatic heterocycles. The number of aromatic nitrogens is 2. The summed E-state index contributed by atoms with van der Waals surface area (Å²) in [4.78, 5) is 10.6. The first-order valence-corrected chi connectivity index (χ1v) is 21.2. The minimum absolute atomic E-state index is 0.908. The van der Waals surface area contributed by atoms with E-state index in [9.17, 15) is 0 Å². The van der Waals surface area contributed by atoms with E-state index in [-0.39, 0.29) is 0 Å². The molecule has 0 radical (unpaired) electrons. The van der Waals surface area contributed by atoms with Crippen molar-refractivity contribution < 1.29 is 0 Å². The maximum absolute atomic E-state index is 5.40. The molecule has 0 saturated carbocycles. The predicted octanol–water partition coefficient (Wildman–Crippen LogP) is 16.2. The van der Waals surface area contributed by atoms with Gasteiger partial charge < -0.3 is 0 Å². The van der Waals surface area contributed by atoms with Crippen LogP contribution in [0.25, 0.3) is 121 Å². The molecule has 0 bridgehead atoms. The number of hydrogen-bond donors (Lipinski definition) is 0. The molecule has 0 aliphatic carbocycles. The highest BCUT2D eigenvalue weighted by atomic mass is 14.8. The summed E-state index contributed by atoms with van der Waals surface area (Å²) >= 11 is 0. The summed E-state index contributed by atoms with van der Waals surface area (Å²) in [6, 6.07) is 83.1. The summed E-state index contributed by atoms with van der Waals surface area (Å²) < 4.78 is 0. The van der Waals surface area contributed by atoms with Crippen LogP contribution >= 0.6 is 0 Å². The molecule has 2 heteroatoms. The quantitative estimate of drug-likeness (QED) is 0.124. The molecule has 2 aromatic heterocycles. The molecule has 0 aliphatic rings. The molecule has 0 unspecified atom stereocenters. The monoisotopic (exact) mass is 786 g/mol. The number of pyridine rings is 2. The van der Waals surface area contributed by atoms with Gasteiger partial charge in [0.15, 0.2) is 0 Å². The Kier molecular flexibility index (Phi) is 8.53. The first-order chi connectivity index (χ1) is 30.7. The molecule has 288 valence electrons. The fourth-order valence-corrected chi connectivity index (χ4v) is 9.52. The molecule has 0 saturated heterocycles. The van der Waals surface area contributed by atoms with Crippen molar-refractivity contribution in [1.82, 2.24) is 9.97 Å². The fourth-order valence-electron chi connectivity index (χ4n) is 9.52. The predicted molar refractivity (Wildman–Crippen MR) is 262 cm³/mol. The van der Waals surface area contributed by atoms with E-state index in [2.05, 4.69) is 224 Å². The van der Waals surface area contributed by atoms with Gasteiger partial charge in [0.05, 0.1) is 22.4 Å². The maximum Gasteiger partial charge on any atom is 0.0972 e. The van der Waals surface area contributed by atoms with Gasteiger partial charge in [-0.05, 0) is 107 Å². The topological polar surface area (TPSA) is 25.8 Å². The second kappa shape index (κ2) is 14.8. The smallest absolute Gasteiger partial charge is 0.0972 e. The van der Waals surface area contributed by atoms with E-state index in [1.54, 1.807) is 0 Å². The van der Waals surface area contributed by atoms with Gasteiger partial charge in [0.25, 0.3) is 0 Å². The van der Waals surface area contributed by atoms with E-state index < -0.39 is 0 Å². The Hall–Kier alpha value is -8.20. The Balaban J connectivity index is 1.07. The molecule has 2 nitrogen and oxygen atoms in total. The largest absolute Gasteiger partial charge is 0.245 e. The van der Waals surface area contributed by atoms with E-state index >= 15 is 0 Å². The molecule has 0 atom stereocenters. The molecule has 0 amide bonds. The zero-order valence-corrected chi connectivity index (χ0v) is 33.8. The van der Waals surface area contributed by atoms with E-state index in [0.717, 1.165) is 49.7 Å². The second-order valence-corrected chi connectivity index (χ2v) is 16.0. The molecule has 12 aromatic rings. The first kappa shape index (κ1) is 35.7. The van der Waals surface area contributed by atoms with Crippen molar-refractivity contribution in [2.24, 2.45) is 0 Å². The van der Waals surface area contributed by atoms with Gasteiger partial charge in [-0.1, -0.05) is 200 Å². The highest BCUT2D eigenvalue weighted by molar-refractivity contribution is 6.24. The third-order valence-corrected chi connectivity index (χ3v) is 12.4. The minimum atomic E-state index is 0.908. The molecule has 0 fully saturated rings. The van der Waals surface area contributed by atoms with Crippen LogP contribution in [-0.2, 0) is 0 Å². The first-order valence-electron chi connectivity index (χ1n) is 21.2. The maximum atomic E-state index is 5.40. The SMILES string of the molecule is c1ccc(-c2cc(-c3ccccc3)cc(-c3c4ccccc4c(-c4ccc(-c5ccc6ccc7ccc(-c8ccccc8)nc7c6n5)c5ccccc45)c4ccccc34)c2)cc1.